The quantitative estimate of drug-likeness (QED) is 0.574. The van der Waals surface area contributed by atoms with E-state index in [0.29, 0.717) is 12.0 Å². The van der Waals surface area contributed by atoms with Gasteiger partial charge in [-0.1, -0.05) is 49.2 Å². The van der Waals surface area contributed by atoms with Gasteiger partial charge in [0, 0.05) is 6.54 Å². The molecular formula is C24H28F2N2. The highest BCUT2D eigenvalue weighted by Gasteiger charge is 2.42. The Bertz CT molecular complexity index is 809. The van der Waals surface area contributed by atoms with Gasteiger partial charge in [-0.3, -0.25) is 0 Å². The predicted molar refractivity (Wildman–Crippen MR) is 108 cm³/mol. The minimum absolute atomic E-state index is 0.210. The Hall–Kier alpha value is -2.25. The molecule has 0 spiro atoms. The van der Waals surface area contributed by atoms with Gasteiger partial charge in [-0.25, -0.2) is 8.78 Å². The van der Waals surface area contributed by atoms with E-state index in [1.165, 1.54) is 11.6 Å². The summed E-state index contributed by atoms with van der Waals surface area (Å²) in [7, 11) is 2.08. The second kappa shape index (κ2) is 9.30. The molecule has 0 bridgehead atoms. The molecule has 0 saturated heterocycles. The molecule has 1 aliphatic rings. The van der Waals surface area contributed by atoms with Crippen molar-refractivity contribution < 1.29 is 8.78 Å². The Morgan fingerprint density at radius 2 is 1.79 bits per heavy atom. The van der Waals surface area contributed by atoms with Gasteiger partial charge in [-0.15, -0.1) is 0 Å². The fourth-order valence-corrected chi connectivity index (χ4v) is 4.59. The standard InChI is InChI=1S/C24H28F2N2/c1-28(17-19-8-3-2-4-9-19)15-7-14-24(18-27,20-10-5-6-11-20)21-12-13-22(25)23(26)16-21/h2-4,8-9,12-13,16,20H,5-7,10-11,14-15,17H2,1H3. The fraction of sp³-hybridized carbons (Fsp3) is 0.458. The molecule has 0 aliphatic heterocycles. The van der Waals surface area contributed by atoms with Crippen LogP contribution in [0.2, 0.25) is 0 Å². The zero-order valence-electron chi connectivity index (χ0n) is 16.5. The van der Waals surface area contributed by atoms with Crippen LogP contribution < -0.4 is 0 Å². The highest BCUT2D eigenvalue weighted by atomic mass is 19.2. The van der Waals surface area contributed by atoms with E-state index in [0.717, 1.165) is 51.3 Å². The van der Waals surface area contributed by atoms with Gasteiger partial charge in [-0.2, -0.15) is 5.26 Å². The summed E-state index contributed by atoms with van der Waals surface area (Å²) in [6.07, 6.45) is 5.67. The molecule has 2 nitrogen and oxygen atoms in total. The maximum atomic E-state index is 13.9. The summed E-state index contributed by atoms with van der Waals surface area (Å²) in [5.74, 6) is -1.51. The monoisotopic (exact) mass is 382 g/mol. The highest BCUT2D eigenvalue weighted by Crippen LogP contribution is 2.45. The van der Waals surface area contributed by atoms with Gasteiger partial charge in [0.1, 0.15) is 0 Å². The van der Waals surface area contributed by atoms with Crippen LogP contribution in [-0.4, -0.2) is 18.5 Å². The minimum atomic E-state index is -0.865. The molecule has 148 valence electrons. The van der Waals surface area contributed by atoms with E-state index in [-0.39, 0.29) is 5.92 Å². The molecule has 28 heavy (non-hydrogen) atoms. The van der Waals surface area contributed by atoms with Gasteiger partial charge >= 0.3 is 0 Å². The van der Waals surface area contributed by atoms with E-state index in [9.17, 15) is 14.0 Å². The molecule has 0 heterocycles. The van der Waals surface area contributed by atoms with Crippen LogP contribution >= 0.6 is 0 Å². The molecule has 2 aromatic rings. The van der Waals surface area contributed by atoms with E-state index >= 15 is 0 Å². The summed E-state index contributed by atoms with van der Waals surface area (Å²) in [6.45, 7) is 1.71. The number of halogens is 2. The molecule has 3 rings (SSSR count). The molecule has 1 atom stereocenters. The van der Waals surface area contributed by atoms with Gasteiger partial charge in [0.05, 0.1) is 11.5 Å². The van der Waals surface area contributed by atoms with Crippen molar-refractivity contribution in [1.29, 1.82) is 5.26 Å². The van der Waals surface area contributed by atoms with Crippen LogP contribution in [0.15, 0.2) is 48.5 Å². The maximum absolute atomic E-state index is 13.9. The average Bonchev–Trinajstić information content (AvgIpc) is 3.24. The predicted octanol–water partition coefficient (Wildman–Crippen LogP) is 5.83. The van der Waals surface area contributed by atoms with E-state index in [1.54, 1.807) is 6.07 Å². The lowest BCUT2D eigenvalue weighted by Gasteiger charge is -2.34. The Morgan fingerprint density at radius 3 is 2.43 bits per heavy atom. The van der Waals surface area contributed by atoms with Gasteiger partial charge in [0.2, 0.25) is 0 Å². The fourth-order valence-electron chi connectivity index (χ4n) is 4.59. The lowest BCUT2D eigenvalue weighted by molar-refractivity contribution is 0.272. The van der Waals surface area contributed by atoms with Crippen LogP contribution in [0, 0.1) is 28.9 Å². The van der Waals surface area contributed by atoms with Gasteiger partial charge < -0.3 is 4.90 Å². The largest absolute Gasteiger partial charge is 0.302 e. The Balaban J connectivity index is 1.72. The third-order valence-electron chi connectivity index (χ3n) is 6.09. The number of nitriles is 1. The van der Waals surface area contributed by atoms with Crippen LogP contribution in [0.25, 0.3) is 0 Å². The lowest BCUT2D eigenvalue weighted by Crippen LogP contribution is -2.34. The van der Waals surface area contributed by atoms with Crippen LogP contribution in [0.4, 0.5) is 8.78 Å². The number of benzene rings is 2. The highest BCUT2D eigenvalue weighted by molar-refractivity contribution is 5.35. The van der Waals surface area contributed by atoms with Crippen molar-refractivity contribution in [2.45, 2.75) is 50.5 Å². The third kappa shape index (κ3) is 4.59. The Kier molecular flexibility index (Phi) is 6.80. The van der Waals surface area contributed by atoms with Gasteiger partial charge in [0.15, 0.2) is 11.6 Å². The molecular weight excluding hydrogens is 354 g/mol. The number of rotatable bonds is 8. The molecule has 0 aromatic heterocycles. The van der Waals surface area contributed by atoms with Crippen molar-refractivity contribution in [3.05, 3.63) is 71.3 Å². The molecule has 1 aliphatic carbocycles. The maximum Gasteiger partial charge on any atom is 0.159 e. The van der Waals surface area contributed by atoms with E-state index in [1.807, 2.05) is 18.2 Å². The molecule has 0 N–H and O–H groups in total. The zero-order valence-corrected chi connectivity index (χ0v) is 16.5. The van der Waals surface area contributed by atoms with E-state index in [2.05, 4.69) is 30.1 Å². The Labute approximate surface area is 166 Å². The molecule has 0 radical (unpaired) electrons. The number of hydrogen-bond donors (Lipinski definition) is 0. The molecule has 1 unspecified atom stereocenters. The topological polar surface area (TPSA) is 27.0 Å². The van der Waals surface area contributed by atoms with E-state index in [4.69, 9.17) is 0 Å². The molecule has 2 aromatic carbocycles. The second-order valence-corrected chi connectivity index (χ2v) is 8.02. The van der Waals surface area contributed by atoms with Crippen LogP contribution in [0.3, 0.4) is 0 Å². The second-order valence-electron chi connectivity index (χ2n) is 8.02. The van der Waals surface area contributed by atoms with Crippen LogP contribution in [0.1, 0.15) is 49.7 Å². The number of nitrogens with zero attached hydrogens (tertiary/aromatic N) is 2. The minimum Gasteiger partial charge on any atom is -0.302 e. The molecule has 0 amide bonds. The normalized spacial score (nSPS) is 16.8. The van der Waals surface area contributed by atoms with Crippen molar-refractivity contribution in [3.63, 3.8) is 0 Å². The van der Waals surface area contributed by atoms with Crippen molar-refractivity contribution in [2.75, 3.05) is 13.6 Å². The van der Waals surface area contributed by atoms with Gasteiger partial charge in [0.25, 0.3) is 0 Å². The summed E-state index contributed by atoms with van der Waals surface area (Å²) in [6, 6.07) is 16.8. The average molecular weight is 382 g/mol. The Morgan fingerprint density at radius 1 is 1.07 bits per heavy atom. The molecule has 4 heteroatoms. The zero-order chi connectivity index (χ0) is 20.0. The summed E-state index contributed by atoms with van der Waals surface area (Å²) in [5, 5.41) is 10.2. The lowest BCUT2D eigenvalue weighted by atomic mass is 9.67. The first-order chi connectivity index (χ1) is 13.5. The van der Waals surface area contributed by atoms with Crippen molar-refractivity contribution in [3.8, 4) is 6.07 Å². The molecule has 1 fully saturated rings. The first-order valence-corrected chi connectivity index (χ1v) is 10.1. The third-order valence-corrected chi connectivity index (χ3v) is 6.09. The summed E-state index contributed by atoms with van der Waals surface area (Å²) in [4.78, 5) is 2.25. The number of hydrogen-bond acceptors (Lipinski definition) is 2. The van der Waals surface area contributed by atoms with Crippen molar-refractivity contribution >= 4 is 0 Å². The van der Waals surface area contributed by atoms with Crippen LogP contribution in [-0.2, 0) is 12.0 Å². The van der Waals surface area contributed by atoms with Crippen molar-refractivity contribution in [2.24, 2.45) is 5.92 Å². The SMILES string of the molecule is CN(CCCC(C#N)(c1ccc(F)c(F)c1)C1CCCC1)Cc1ccccc1. The van der Waals surface area contributed by atoms with Gasteiger partial charge in [-0.05, 0) is 68.5 Å². The summed E-state index contributed by atoms with van der Waals surface area (Å²) < 4.78 is 27.4. The smallest absolute Gasteiger partial charge is 0.159 e. The molecule has 1 saturated carbocycles. The summed E-state index contributed by atoms with van der Waals surface area (Å²) in [5.41, 5.74) is 1.15. The van der Waals surface area contributed by atoms with Crippen molar-refractivity contribution in [1.82, 2.24) is 4.90 Å². The van der Waals surface area contributed by atoms with Crippen LogP contribution in [0.5, 0.6) is 0 Å². The summed E-state index contributed by atoms with van der Waals surface area (Å²) >= 11 is 0. The first-order valence-electron chi connectivity index (χ1n) is 10.1. The first kappa shape index (κ1) is 20.5. The van der Waals surface area contributed by atoms with E-state index < -0.39 is 17.0 Å².